The number of benzene rings is 3. The minimum Gasteiger partial charge on any atom is -0.497 e. The largest absolute Gasteiger partial charge is 0.497 e. The van der Waals surface area contributed by atoms with E-state index in [9.17, 15) is 4.79 Å². The molecule has 6 heteroatoms. The number of carbonyl (C=O) groups is 1. The number of hydrogen-bond acceptors (Lipinski definition) is 4. The molecular formula is C23H17BrN2O3. The Morgan fingerprint density at radius 2 is 1.93 bits per heavy atom. The molecule has 0 bridgehead atoms. The summed E-state index contributed by atoms with van der Waals surface area (Å²) in [6, 6.07) is 20.6. The van der Waals surface area contributed by atoms with Crippen LogP contribution in [0.4, 0.5) is 5.69 Å². The third-order valence-electron chi connectivity index (χ3n) is 4.27. The van der Waals surface area contributed by atoms with Crippen LogP contribution < -0.4 is 10.1 Å². The second-order valence-electron chi connectivity index (χ2n) is 6.31. The maximum atomic E-state index is 12.2. The third kappa shape index (κ3) is 4.55. The molecule has 0 fully saturated rings. The molecule has 0 saturated heterocycles. The predicted octanol–water partition coefficient (Wildman–Crippen LogP) is 5.92. The number of rotatable bonds is 5. The van der Waals surface area contributed by atoms with Crippen molar-refractivity contribution in [2.24, 2.45) is 0 Å². The normalized spacial score (nSPS) is 11.1. The summed E-state index contributed by atoms with van der Waals surface area (Å²) in [5.41, 5.74) is 3.77. The Morgan fingerprint density at radius 3 is 2.69 bits per heavy atom. The van der Waals surface area contributed by atoms with Gasteiger partial charge in [0, 0.05) is 21.8 Å². The molecule has 4 rings (SSSR count). The van der Waals surface area contributed by atoms with Crippen LogP contribution in [0.5, 0.6) is 5.75 Å². The van der Waals surface area contributed by atoms with Crippen molar-refractivity contribution in [2.45, 2.75) is 0 Å². The van der Waals surface area contributed by atoms with E-state index in [4.69, 9.17) is 9.15 Å². The van der Waals surface area contributed by atoms with Crippen molar-refractivity contribution < 1.29 is 13.9 Å². The van der Waals surface area contributed by atoms with Gasteiger partial charge in [-0.05, 0) is 60.2 Å². The Morgan fingerprint density at radius 1 is 1.10 bits per heavy atom. The predicted molar refractivity (Wildman–Crippen MR) is 118 cm³/mol. The number of nitrogens with one attached hydrogen (secondary N) is 1. The maximum absolute atomic E-state index is 12.2. The number of amides is 1. The van der Waals surface area contributed by atoms with Crippen LogP contribution in [0.15, 0.2) is 81.7 Å². The summed E-state index contributed by atoms with van der Waals surface area (Å²) in [7, 11) is 1.62. The van der Waals surface area contributed by atoms with E-state index in [0.717, 1.165) is 21.3 Å². The van der Waals surface area contributed by atoms with Gasteiger partial charge in [-0.1, -0.05) is 34.1 Å². The fourth-order valence-electron chi connectivity index (χ4n) is 2.82. The van der Waals surface area contributed by atoms with E-state index in [1.54, 1.807) is 31.4 Å². The van der Waals surface area contributed by atoms with Gasteiger partial charge in [0.1, 0.15) is 11.3 Å². The molecule has 29 heavy (non-hydrogen) atoms. The van der Waals surface area contributed by atoms with Crippen LogP contribution in [-0.2, 0) is 4.79 Å². The summed E-state index contributed by atoms with van der Waals surface area (Å²) in [6.07, 6.45) is 3.23. The number of anilines is 1. The van der Waals surface area contributed by atoms with Gasteiger partial charge in [0.25, 0.3) is 0 Å². The van der Waals surface area contributed by atoms with Crippen LogP contribution in [0.25, 0.3) is 28.6 Å². The molecule has 0 atom stereocenters. The van der Waals surface area contributed by atoms with Gasteiger partial charge >= 0.3 is 0 Å². The highest BCUT2D eigenvalue weighted by atomic mass is 79.9. The first-order chi connectivity index (χ1) is 14.1. The second kappa shape index (κ2) is 8.32. The fraction of sp³-hybridized carbons (Fsp3) is 0.0435. The molecule has 144 valence electrons. The van der Waals surface area contributed by atoms with Gasteiger partial charge in [0.05, 0.1) is 7.11 Å². The van der Waals surface area contributed by atoms with Crippen molar-refractivity contribution in [1.82, 2.24) is 4.98 Å². The molecule has 1 aromatic heterocycles. The number of hydrogen-bond donors (Lipinski definition) is 1. The number of aromatic nitrogens is 1. The number of carbonyl (C=O) groups excluding carboxylic acids is 1. The highest BCUT2D eigenvalue weighted by molar-refractivity contribution is 9.10. The number of fused-ring (bicyclic) bond motifs is 1. The number of oxazole rings is 1. The SMILES string of the molecule is COc1ccc(/C=C/C(=O)Nc2ccc3oc(-c4cccc(Br)c4)nc3c2)cc1. The Bertz CT molecular complexity index is 1200. The molecule has 0 spiro atoms. The van der Waals surface area contributed by atoms with Gasteiger partial charge in [-0.3, -0.25) is 4.79 Å². The van der Waals surface area contributed by atoms with Crippen molar-refractivity contribution in [3.05, 3.63) is 82.8 Å². The minimum absolute atomic E-state index is 0.226. The first-order valence-electron chi connectivity index (χ1n) is 8.90. The molecule has 0 radical (unpaired) electrons. The number of nitrogens with zero attached hydrogens (tertiary/aromatic N) is 1. The molecule has 0 unspecified atom stereocenters. The van der Waals surface area contributed by atoms with E-state index in [-0.39, 0.29) is 5.91 Å². The van der Waals surface area contributed by atoms with E-state index in [1.807, 2.05) is 48.5 Å². The lowest BCUT2D eigenvalue weighted by atomic mass is 10.2. The molecule has 1 N–H and O–H groups in total. The molecule has 1 amide bonds. The van der Waals surface area contributed by atoms with Crippen LogP contribution in [-0.4, -0.2) is 18.0 Å². The summed E-state index contributed by atoms with van der Waals surface area (Å²) >= 11 is 3.45. The van der Waals surface area contributed by atoms with E-state index in [0.29, 0.717) is 22.7 Å². The average molecular weight is 449 g/mol. The molecule has 0 aliphatic heterocycles. The van der Waals surface area contributed by atoms with E-state index >= 15 is 0 Å². The number of ether oxygens (including phenoxy) is 1. The van der Waals surface area contributed by atoms with Crippen molar-refractivity contribution in [2.75, 3.05) is 12.4 Å². The smallest absolute Gasteiger partial charge is 0.248 e. The van der Waals surface area contributed by atoms with Gasteiger partial charge in [-0.2, -0.15) is 0 Å². The second-order valence-corrected chi connectivity index (χ2v) is 7.22. The lowest BCUT2D eigenvalue weighted by Gasteiger charge is -2.02. The zero-order chi connectivity index (χ0) is 20.2. The van der Waals surface area contributed by atoms with Crippen molar-refractivity contribution in [3.63, 3.8) is 0 Å². The first-order valence-corrected chi connectivity index (χ1v) is 9.70. The average Bonchev–Trinajstić information content (AvgIpc) is 3.16. The first kappa shape index (κ1) is 19.0. The monoisotopic (exact) mass is 448 g/mol. The lowest BCUT2D eigenvalue weighted by molar-refractivity contribution is -0.111. The summed E-state index contributed by atoms with van der Waals surface area (Å²) in [5.74, 6) is 1.08. The van der Waals surface area contributed by atoms with Crippen LogP contribution >= 0.6 is 15.9 Å². The quantitative estimate of drug-likeness (QED) is 0.385. The van der Waals surface area contributed by atoms with Crippen molar-refractivity contribution >= 4 is 44.7 Å². The molecule has 0 aliphatic rings. The lowest BCUT2D eigenvalue weighted by Crippen LogP contribution is -2.07. The molecule has 4 aromatic rings. The number of methoxy groups -OCH3 is 1. The third-order valence-corrected chi connectivity index (χ3v) is 4.76. The molecule has 3 aromatic carbocycles. The van der Waals surface area contributed by atoms with Gasteiger partial charge in [-0.25, -0.2) is 4.98 Å². The Balaban J connectivity index is 1.49. The van der Waals surface area contributed by atoms with Gasteiger partial charge in [0.15, 0.2) is 5.58 Å². The molecule has 0 aliphatic carbocycles. The van der Waals surface area contributed by atoms with E-state index in [2.05, 4.69) is 26.2 Å². The van der Waals surface area contributed by atoms with Crippen LogP contribution in [0.3, 0.4) is 0 Å². The molecular weight excluding hydrogens is 432 g/mol. The standard InChI is InChI=1S/C23H17BrN2O3/c1-28-19-9-5-15(6-10-19)7-12-22(27)25-18-8-11-21-20(14-18)26-23(29-21)16-3-2-4-17(24)13-16/h2-14H,1H3,(H,25,27)/b12-7+. The van der Waals surface area contributed by atoms with Crippen molar-refractivity contribution in [3.8, 4) is 17.2 Å². The minimum atomic E-state index is -0.226. The Kier molecular flexibility index (Phi) is 5.44. The topological polar surface area (TPSA) is 64.4 Å². The molecule has 0 saturated carbocycles. The summed E-state index contributed by atoms with van der Waals surface area (Å²) in [5, 5.41) is 2.85. The van der Waals surface area contributed by atoms with Gasteiger partial charge in [0.2, 0.25) is 11.8 Å². The fourth-order valence-corrected chi connectivity index (χ4v) is 3.22. The highest BCUT2D eigenvalue weighted by Gasteiger charge is 2.10. The summed E-state index contributed by atoms with van der Waals surface area (Å²) in [6.45, 7) is 0. The van der Waals surface area contributed by atoms with Crippen LogP contribution in [0.1, 0.15) is 5.56 Å². The maximum Gasteiger partial charge on any atom is 0.248 e. The molecule has 1 heterocycles. The summed E-state index contributed by atoms with van der Waals surface area (Å²) in [4.78, 5) is 16.8. The van der Waals surface area contributed by atoms with Crippen LogP contribution in [0, 0.1) is 0 Å². The van der Waals surface area contributed by atoms with E-state index < -0.39 is 0 Å². The van der Waals surface area contributed by atoms with Gasteiger partial charge < -0.3 is 14.5 Å². The van der Waals surface area contributed by atoms with E-state index in [1.165, 1.54) is 6.08 Å². The highest BCUT2D eigenvalue weighted by Crippen LogP contribution is 2.27. The molecule has 5 nitrogen and oxygen atoms in total. The van der Waals surface area contributed by atoms with Gasteiger partial charge in [-0.15, -0.1) is 0 Å². The number of halogens is 1. The zero-order valence-corrected chi connectivity index (χ0v) is 17.1. The Hall–Kier alpha value is -3.38. The van der Waals surface area contributed by atoms with Crippen molar-refractivity contribution in [1.29, 1.82) is 0 Å². The summed E-state index contributed by atoms with van der Waals surface area (Å²) < 4.78 is 11.9. The Labute approximate surface area is 176 Å². The van der Waals surface area contributed by atoms with Crippen LogP contribution in [0.2, 0.25) is 0 Å². The zero-order valence-electron chi connectivity index (χ0n) is 15.6.